The topological polar surface area (TPSA) is 89.9 Å². The third kappa shape index (κ3) is 4.97. The number of nitrogens with one attached hydrogen (secondary N) is 1. The summed E-state index contributed by atoms with van der Waals surface area (Å²) < 4.78 is 0. The van der Waals surface area contributed by atoms with Crippen LogP contribution in [-0.4, -0.2) is 53.9 Å². The predicted molar refractivity (Wildman–Crippen MR) is 70.2 cm³/mol. The first-order chi connectivity index (χ1) is 9.04. The second kappa shape index (κ2) is 7.38. The maximum absolute atomic E-state index is 11.5. The van der Waals surface area contributed by atoms with Gasteiger partial charge in [0.25, 0.3) is 0 Å². The Labute approximate surface area is 111 Å². The Kier molecular flexibility index (Phi) is 5.81. The van der Waals surface area contributed by atoms with E-state index in [1.54, 1.807) is 19.2 Å². The highest BCUT2D eigenvalue weighted by molar-refractivity contribution is 5.87. The number of aromatic carboxylic acids is 1. The Morgan fingerprint density at radius 2 is 1.89 bits per heavy atom. The summed E-state index contributed by atoms with van der Waals surface area (Å²) in [6.45, 7) is 0.681. The molecule has 0 heterocycles. The largest absolute Gasteiger partial charge is 0.478 e. The average Bonchev–Trinajstić information content (AvgIpc) is 2.39. The van der Waals surface area contributed by atoms with Gasteiger partial charge >= 0.3 is 12.0 Å². The lowest BCUT2D eigenvalue weighted by molar-refractivity contribution is 0.0697. The molecule has 0 aliphatic carbocycles. The van der Waals surface area contributed by atoms with Gasteiger partial charge in [0.05, 0.1) is 12.2 Å². The minimum atomic E-state index is -0.953. The lowest BCUT2D eigenvalue weighted by Gasteiger charge is -2.16. The smallest absolute Gasteiger partial charge is 0.335 e. The highest BCUT2D eigenvalue weighted by atomic mass is 16.4. The molecule has 6 nitrogen and oxygen atoms in total. The van der Waals surface area contributed by atoms with E-state index in [0.717, 1.165) is 5.56 Å². The monoisotopic (exact) mass is 266 g/mol. The molecule has 0 atom stereocenters. The van der Waals surface area contributed by atoms with Gasteiger partial charge in [-0.3, -0.25) is 0 Å². The first-order valence-corrected chi connectivity index (χ1v) is 5.96. The van der Waals surface area contributed by atoms with Gasteiger partial charge in [0, 0.05) is 20.1 Å². The molecule has 1 rings (SSSR count). The number of hydrogen-bond acceptors (Lipinski definition) is 3. The molecule has 0 saturated heterocycles. The number of urea groups is 1. The second-order valence-corrected chi connectivity index (χ2v) is 4.13. The molecule has 3 N–H and O–H groups in total. The fourth-order valence-electron chi connectivity index (χ4n) is 1.51. The summed E-state index contributed by atoms with van der Waals surface area (Å²) in [6.07, 6.45) is 0.624. The van der Waals surface area contributed by atoms with Crippen LogP contribution >= 0.6 is 0 Å². The van der Waals surface area contributed by atoms with E-state index in [0.29, 0.717) is 19.5 Å². The molecule has 2 amide bonds. The van der Waals surface area contributed by atoms with Crippen LogP contribution in [0.25, 0.3) is 0 Å². The van der Waals surface area contributed by atoms with Gasteiger partial charge in [0.15, 0.2) is 0 Å². The zero-order chi connectivity index (χ0) is 14.3. The fraction of sp³-hybridized carbons (Fsp3) is 0.385. The van der Waals surface area contributed by atoms with Crippen LogP contribution in [-0.2, 0) is 6.42 Å². The van der Waals surface area contributed by atoms with Crippen molar-refractivity contribution in [1.29, 1.82) is 0 Å². The Balaban J connectivity index is 2.37. The van der Waals surface area contributed by atoms with Gasteiger partial charge in [0.2, 0.25) is 0 Å². The number of aliphatic hydroxyl groups excluding tert-OH is 1. The lowest BCUT2D eigenvalue weighted by atomic mass is 10.1. The van der Waals surface area contributed by atoms with Gasteiger partial charge in [-0.2, -0.15) is 0 Å². The number of carbonyl (C=O) groups is 2. The zero-order valence-electron chi connectivity index (χ0n) is 10.8. The summed E-state index contributed by atoms with van der Waals surface area (Å²) in [6, 6.07) is 6.30. The van der Waals surface area contributed by atoms with Crippen molar-refractivity contribution in [3.8, 4) is 0 Å². The number of carboxylic acid groups (broad SMARTS) is 1. The van der Waals surface area contributed by atoms with Crippen LogP contribution < -0.4 is 5.32 Å². The van der Waals surface area contributed by atoms with E-state index in [-0.39, 0.29) is 18.2 Å². The number of hydrogen-bond donors (Lipinski definition) is 3. The number of aliphatic hydroxyl groups is 1. The normalized spacial score (nSPS) is 10.0. The molecule has 0 saturated carbocycles. The molecule has 1 aromatic rings. The maximum atomic E-state index is 11.5. The predicted octanol–water partition coefficient (Wildman–Crippen LogP) is 0.561. The van der Waals surface area contributed by atoms with Crippen molar-refractivity contribution in [2.75, 3.05) is 26.7 Å². The number of amides is 2. The van der Waals surface area contributed by atoms with Gasteiger partial charge in [-0.1, -0.05) is 12.1 Å². The molecule has 19 heavy (non-hydrogen) atoms. The summed E-state index contributed by atoms with van der Waals surface area (Å²) in [7, 11) is 1.60. The standard InChI is InChI=1S/C13H18N2O4/c1-15(8-9-16)13(19)14-7-6-10-2-4-11(5-3-10)12(17)18/h2-5,16H,6-9H2,1H3,(H,14,19)(H,17,18). The molecule has 0 radical (unpaired) electrons. The molecule has 0 aliphatic rings. The highest BCUT2D eigenvalue weighted by Crippen LogP contribution is 2.04. The summed E-state index contributed by atoms with van der Waals surface area (Å²) in [4.78, 5) is 23.6. The SMILES string of the molecule is CN(CCO)C(=O)NCCc1ccc(C(=O)O)cc1. The number of nitrogens with zero attached hydrogens (tertiary/aromatic N) is 1. The quantitative estimate of drug-likeness (QED) is 0.702. The molecular formula is C13H18N2O4. The van der Waals surface area contributed by atoms with Crippen molar-refractivity contribution in [2.24, 2.45) is 0 Å². The molecule has 6 heteroatoms. The van der Waals surface area contributed by atoms with Crippen molar-refractivity contribution in [1.82, 2.24) is 10.2 Å². The summed E-state index contributed by atoms with van der Waals surface area (Å²) in [5.74, 6) is -0.953. The molecule has 1 aromatic carbocycles. The lowest BCUT2D eigenvalue weighted by Crippen LogP contribution is -2.39. The molecule has 0 aliphatic heterocycles. The van der Waals surface area contributed by atoms with Gasteiger partial charge in [0.1, 0.15) is 0 Å². The van der Waals surface area contributed by atoms with E-state index < -0.39 is 5.97 Å². The van der Waals surface area contributed by atoms with Crippen LogP contribution in [0.4, 0.5) is 4.79 Å². The van der Waals surface area contributed by atoms with Crippen LogP contribution in [0.2, 0.25) is 0 Å². The molecular weight excluding hydrogens is 248 g/mol. The molecule has 104 valence electrons. The van der Waals surface area contributed by atoms with Crippen LogP contribution in [0, 0.1) is 0 Å². The number of benzene rings is 1. The fourth-order valence-corrected chi connectivity index (χ4v) is 1.51. The van der Waals surface area contributed by atoms with E-state index in [4.69, 9.17) is 10.2 Å². The van der Waals surface area contributed by atoms with E-state index in [9.17, 15) is 9.59 Å². The minimum Gasteiger partial charge on any atom is -0.478 e. The number of carbonyl (C=O) groups excluding carboxylic acids is 1. The van der Waals surface area contributed by atoms with Crippen molar-refractivity contribution < 1.29 is 19.8 Å². The third-order valence-electron chi connectivity index (χ3n) is 2.67. The molecule has 0 spiro atoms. The minimum absolute atomic E-state index is 0.0689. The van der Waals surface area contributed by atoms with Crippen LogP contribution in [0.1, 0.15) is 15.9 Å². The summed E-state index contributed by atoms with van der Waals surface area (Å²) >= 11 is 0. The van der Waals surface area contributed by atoms with Gasteiger partial charge in [-0.05, 0) is 24.1 Å². The van der Waals surface area contributed by atoms with Crippen LogP contribution in [0.3, 0.4) is 0 Å². The molecule has 0 fully saturated rings. The first-order valence-electron chi connectivity index (χ1n) is 5.96. The van der Waals surface area contributed by atoms with Crippen LogP contribution in [0.5, 0.6) is 0 Å². The summed E-state index contributed by atoms with van der Waals surface area (Å²) in [5, 5.41) is 20.2. The van der Waals surface area contributed by atoms with Gasteiger partial charge in [-0.15, -0.1) is 0 Å². The van der Waals surface area contributed by atoms with E-state index in [1.165, 1.54) is 17.0 Å². The zero-order valence-corrected chi connectivity index (χ0v) is 10.8. The highest BCUT2D eigenvalue weighted by Gasteiger charge is 2.06. The number of carboxylic acids is 1. The third-order valence-corrected chi connectivity index (χ3v) is 2.67. The first kappa shape index (κ1) is 15.0. The number of likely N-dealkylation sites (N-methyl/N-ethyl adjacent to an activating group) is 1. The van der Waals surface area contributed by atoms with E-state index in [1.807, 2.05) is 0 Å². The van der Waals surface area contributed by atoms with Crippen molar-refractivity contribution >= 4 is 12.0 Å². The van der Waals surface area contributed by atoms with E-state index >= 15 is 0 Å². The molecule has 0 unspecified atom stereocenters. The second-order valence-electron chi connectivity index (χ2n) is 4.13. The van der Waals surface area contributed by atoms with Crippen LogP contribution in [0.15, 0.2) is 24.3 Å². The number of rotatable bonds is 6. The average molecular weight is 266 g/mol. The Hall–Kier alpha value is -2.08. The van der Waals surface area contributed by atoms with Crippen molar-refractivity contribution in [3.63, 3.8) is 0 Å². The van der Waals surface area contributed by atoms with Gasteiger partial charge < -0.3 is 20.4 Å². The van der Waals surface area contributed by atoms with Crippen molar-refractivity contribution in [2.45, 2.75) is 6.42 Å². The van der Waals surface area contributed by atoms with E-state index in [2.05, 4.69) is 5.32 Å². The molecule has 0 aromatic heterocycles. The Morgan fingerprint density at radius 3 is 2.42 bits per heavy atom. The van der Waals surface area contributed by atoms with Gasteiger partial charge in [-0.25, -0.2) is 9.59 Å². The molecule has 0 bridgehead atoms. The maximum Gasteiger partial charge on any atom is 0.335 e. The Morgan fingerprint density at radius 1 is 1.26 bits per heavy atom. The Bertz CT molecular complexity index is 431. The van der Waals surface area contributed by atoms with Crippen molar-refractivity contribution in [3.05, 3.63) is 35.4 Å². The summed E-state index contributed by atoms with van der Waals surface area (Å²) in [5.41, 5.74) is 1.20.